The summed E-state index contributed by atoms with van der Waals surface area (Å²) in [6.07, 6.45) is 4.74. The first-order valence-electron chi connectivity index (χ1n) is 5.99. The predicted molar refractivity (Wildman–Crippen MR) is 74.3 cm³/mol. The first-order valence-corrected chi connectivity index (χ1v) is 8.10. The Morgan fingerprint density at radius 1 is 1.39 bits per heavy atom. The molecule has 3 nitrogen and oxygen atoms in total. The van der Waals surface area contributed by atoms with Crippen LogP contribution in [-0.2, 0) is 10.8 Å². The summed E-state index contributed by atoms with van der Waals surface area (Å²) in [7, 11) is -1.09. The van der Waals surface area contributed by atoms with E-state index in [4.69, 9.17) is 5.11 Å². The van der Waals surface area contributed by atoms with Gasteiger partial charge in [0.25, 0.3) is 0 Å². The number of carboxylic acid groups (broad SMARTS) is 1. The number of halogens is 1. The number of carbonyl (C=O) groups is 1. The van der Waals surface area contributed by atoms with E-state index in [-0.39, 0.29) is 5.56 Å². The molecule has 0 radical (unpaired) electrons. The molecule has 1 fully saturated rings. The number of rotatable bonds is 4. The Bertz CT molecular complexity index is 481. The van der Waals surface area contributed by atoms with Gasteiger partial charge in [-0.05, 0) is 52.9 Å². The Hall–Kier alpha value is -0.680. The van der Waals surface area contributed by atoms with Crippen LogP contribution in [0.5, 0.6) is 0 Å². The van der Waals surface area contributed by atoms with Crippen molar-refractivity contribution < 1.29 is 14.1 Å². The lowest BCUT2D eigenvalue weighted by Crippen LogP contribution is -2.09. The van der Waals surface area contributed by atoms with E-state index in [1.165, 1.54) is 18.9 Å². The number of aromatic carboxylic acids is 1. The second-order valence-corrected chi connectivity index (χ2v) is 6.96. The van der Waals surface area contributed by atoms with Crippen molar-refractivity contribution >= 4 is 32.7 Å². The molecule has 1 unspecified atom stereocenters. The number of benzene rings is 1. The van der Waals surface area contributed by atoms with Crippen LogP contribution in [0.15, 0.2) is 27.6 Å². The van der Waals surface area contributed by atoms with Gasteiger partial charge in [0.1, 0.15) is 0 Å². The molecule has 0 saturated heterocycles. The van der Waals surface area contributed by atoms with Gasteiger partial charge in [-0.3, -0.25) is 4.21 Å². The third-order valence-electron chi connectivity index (χ3n) is 3.29. The molecule has 1 aromatic rings. The van der Waals surface area contributed by atoms with Crippen molar-refractivity contribution in [2.75, 3.05) is 5.75 Å². The highest BCUT2D eigenvalue weighted by Gasteiger charge is 2.19. The minimum absolute atomic E-state index is 0.173. The number of hydrogen-bond donors (Lipinski definition) is 1. The van der Waals surface area contributed by atoms with E-state index in [9.17, 15) is 9.00 Å². The molecular weight excluding hydrogens is 316 g/mol. The van der Waals surface area contributed by atoms with Crippen molar-refractivity contribution in [1.29, 1.82) is 0 Å². The highest BCUT2D eigenvalue weighted by Crippen LogP contribution is 2.27. The fourth-order valence-electron chi connectivity index (χ4n) is 2.30. The zero-order chi connectivity index (χ0) is 13.1. The smallest absolute Gasteiger partial charge is 0.336 e. The molecule has 5 heteroatoms. The maximum atomic E-state index is 12.2. The van der Waals surface area contributed by atoms with Crippen molar-refractivity contribution in [3.8, 4) is 0 Å². The van der Waals surface area contributed by atoms with Crippen LogP contribution in [-0.4, -0.2) is 21.0 Å². The highest BCUT2D eigenvalue weighted by atomic mass is 79.9. The summed E-state index contributed by atoms with van der Waals surface area (Å²) in [5, 5.41) is 9.03. The van der Waals surface area contributed by atoms with Crippen molar-refractivity contribution in [1.82, 2.24) is 0 Å². The molecule has 0 amide bonds. The molecule has 1 aromatic carbocycles. The molecule has 0 aromatic heterocycles. The lowest BCUT2D eigenvalue weighted by molar-refractivity contribution is 0.0695. The van der Waals surface area contributed by atoms with Crippen LogP contribution in [0.25, 0.3) is 0 Å². The Kier molecular flexibility index (Phi) is 4.56. The fraction of sp³-hybridized carbons (Fsp3) is 0.462. The van der Waals surface area contributed by atoms with E-state index in [1.54, 1.807) is 12.1 Å². The lowest BCUT2D eigenvalue weighted by atomic mass is 10.1. The van der Waals surface area contributed by atoms with Gasteiger partial charge in [-0.25, -0.2) is 4.79 Å². The van der Waals surface area contributed by atoms with Crippen LogP contribution in [0.2, 0.25) is 0 Å². The first kappa shape index (κ1) is 13.7. The van der Waals surface area contributed by atoms with Gasteiger partial charge >= 0.3 is 5.97 Å². The third kappa shape index (κ3) is 3.20. The van der Waals surface area contributed by atoms with Crippen LogP contribution in [0.1, 0.15) is 36.0 Å². The summed E-state index contributed by atoms with van der Waals surface area (Å²) in [6, 6.07) is 4.91. The SMILES string of the molecule is O=C(O)c1cc(S(=O)CC2CCCC2)ccc1Br. The third-order valence-corrected chi connectivity index (χ3v) is 5.54. The minimum atomic E-state index is -1.09. The lowest BCUT2D eigenvalue weighted by Gasteiger charge is -2.09. The second-order valence-electron chi connectivity index (χ2n) is 4.61. The largest absolute Gasteiger partial charge is 0.478 e. The van der Waals surface area contributed by atoms with Crippen LogP contribution < -0.4 is 0 Å². The van der Waals surface area contributed by atoms with Gasteiger partial charge in [-0.15, -0.1) is 0 Å². The Morgan fingerprint density at radius 2 is 2.06 bits per heavy atom. The second kappa shape index (κ2) is 5.97. The van der Waals surface area contributed by atoms with Gasteiger partial charge < -0.3 is 5.11 Å². The van der Waals surface area contributed by atoms with Crippen molar-refractivity contribution in [3.05, 3.63) is 28.2 Å². The molecule has 1 atom stereocenters. The average Bonchev–Trinajstić information content (AvgIpc) is 2.81. The maximum Gasteiger partial charge on any atom is 0.336 e. The van der Waals surface area contributed by atoms with E-state index in [2.05, 4.69) is 15.9 Å². The summed E-state index contributed by atoms with van der Waals surface area (Å²) in [5.41, 5.74) is 0.173. The van der Waals surface area contributed by atoms with E-state index in [1.807, 2.05) is 0 Å². The van der Waals surface area contributed by atoms with Crippen LogP contribution in [0.4, 0.5) is 0 Å². The summed E-state index contributed by atoms with van der Waals surface area (Å²) in [6.45, 7) is 0. The molecule has 1 aliphatic carbocycles. The van der Waals surface area contributed by atoms with Crippen LogP contribution >= 0.6 is 15.9 Å². The van der Waals surface area contributed by atoms with E-state index >= 15 is 0 Å². The van der Waals surface area contributed by atoms with Gasteiger partial charge in [0, 0.05) is 15.1 Å². The molecular formula is C13H15BrO3S. The minimum Gasteiger partial charge on any atom is -0.478 e. The Balaban J connectivity index is 2.14. The van der Waals surface area contributed by atoms with Crippen LogP contribution in [0, 0.1) is 5.92 Å². The molecule has 1 saturated carbocycles. The first-order chi connectivity index (χ1) is 8.58. The van der Waals surface area contributed by atoms with Gasteiger partial charge in [0.2, 0.25) is 0 Å². The average molecular weight is 331 g/mol. The van der Waals surface area contributed by atoms with Crippen molar-refractivity contribution in [2.24, 2.45) is 5.92 Å². The van der Waals surface area contributed by atoms with Gasteiger partial charge in [0.15, 0.2) is 0 Å². The van der Waals surface area contributed by atoms with Crippen molar-refractivity contribution in [3.63, 3.8) is 0 Å². The number of carboxylic acids is 1. The van der Waals surface area contributed by atoms with E-state index in [0.29, 0.717) is 21.0 Å². The molecule has 1 aliphatic rings. The Morgan fingerprint density at radius 3 is 2.67 bits per heavy atom. The zero-order valence-corrected chi connectivity index (χ0v) is 12.3. The number of hydrogen-bond acceptors (Lipinski definition) is 2. The van der Waals surface area contributed by atoms with Gasteiger partial charge in [-0.1, -0.05) is 12.8 Å². The molecule has 0 heterocycles. The normalized spacial score (nSPS) is 17.8. The standard InChI is InChI=1S/C13H15BrO3S/c14-12-6-5-10(7-11(12)13(15)16)18(17)8-9-3-1-2-4-9/h5-7,9H,1-4,8H2,(H,15,16). The van der Waals surface area contributed by atoms with Gasteiger partial charge in [0.05, 0.1) is 16.4 Å². The Labute approximate surface area is 117 Å². The van der Waals surface area contributed by atoms with Gasteiger partial charge in [-0.2, -0.15) is 0 Å². The fourth-order valence-corrected chi connectivity index (χ4v) is 4.14. The van der Waals surface area contributed by atoms with E-state index in [0.717, 1.165) is 12.8 Å². The predicted octanol–water partition coefficient (Wildman–Crippen LogP) is 3.45. The van der Waals surface area contributed by atoms with Crippen LogP contribution in [0.3, 0.4) is 0 Å². The van der Waals surface area contributed by atoms with Crippen molar-refractivity contribution in [2.45, 2.75) is 30.6 Å². The summed E-state index contributed by atoms with van der Waals surface area (Å²) in [5.74, 6) is 0.185. The quantitative estimate of drug-likeness (QED) is 0.919. The molecule has 98 valence electrons. The molecule has 0 spiro atoms. The monoisotopic (exact) mass is 330 g/mol. The maximum absolute atomic E-state index is 12.2. The van der Waals surface area contributed by atoms with E-state index < -0.39 is 16.8 Å². The molecule has 2 rings (SSSR count). The molecule has 1 N–H and O–H groups in total. The summed E-state index contributed by atoms with van der Waals surface area (Å²) in [4.78, 5) is 11.6. The molecule has 0 aliphatic heterocycles. The topological polar surface area (TPSA) is 54.4 Å². The summed E-state index contributed by atoms with van der Waals surface area (Å²) < 4.78 is 12.7. The highest BCUT2D eigenvalue weighted by molar-refractivity contribution is 9.10. The molecule has 0 bridgehead atoms. The molecule has 18 heavy (non-hydrogen) atoms. The zero-order valence-electron chi connectivity index (χ0n) is 9.89. The summed E-state index contributed by atoms with van der Waals surface area (Å²) >= 11 is 3.19.